The van der Waals surface area contributed by atoms with Crippen LogP contribution in [0.15, 0.2) is 6.20 Å². The van der Waals surface area contributed by atoms with Gasteiger partial charge in [-0.15, -0.1) is 11.6 Å². The number of H-pyrrole nitrogens is 1. The lowest BCUT2D eigenvalue weighted by Crippen LogP contribution is -2.25. The summed E-state index contributed by atoms with van der Waals surface area (Å²) in [5, 5.41) is 12.4. The highest BCUT2D eigenvalue weighted by Gasteiger charge is 2.06. The van der Waals surface area contributed by atoms with E-state index in [1.54, 1.807) is 0 Å². The lowest BCUT2D eigenvalue weighted by molar-refractivity contribution is 0.0948. The average molecular weight is 217 g/mol. The molecule has 78 valence electrons. The van der Waals surface area contributed by atoms with Crippen molar-refractivity contribution in [2.24, 2.45) is 0 Å². The molecule has 0 aromatic carbocycles. The maximum atomic E-state index is 11.3. The molecule has 0 aliphatic rings. The fraction of sp³-hybridized carbons (Fsp3) is 0.625. The Hall–Kier alpha value is -1.10. The summed E-state index contributed by atoms with van der Waals surface area (Å²) >= 11 is 5.75. The Kier molecular flexibility index (Phi) is 4.39. The van der Waals surface area contributed by atoms with Crippen LogP contribution in [0.25, 0.3) is 0 Å². The number of aromatic nitrogens is 3. The van der Waals surface area contributed by atoms with Crippen LogP contribution in [0.5, 0.6) is 0 Å². The predicted molar refractivity (Wildman–Crippen MR) is 53.3 cm³/mol. The maximum absolute atomic E-state index is 11.3. The Morgan fingerprint density at radius 3 is 3.14 bits per heavy atom. The van der Waals surface area contributed by atoms with Gasteiger partial charge < -0.3 is 5.32 Å². The molecular formula is C8H13ClN4O. The van der Waals surface area contributed by atoms with Crippen LogP contribution in [0.4, 0.5) is 0 Å². The largest absolute Gasteiger partial charge is 0.351 e. The van der Waals surface area contributed by atoms with Crippen molar-refractivity contribution in [1.29, 1.82) is 0 Å². The van der Waals surface area contributed by atoms with Gasteiger partial charge in [0.1, 0.15) is 0 Å². The van der Waals surface area contributed by atoms with Gasteiger partial charge in [-0.1, -0.05) is 0 Å². The first-order chi connectivity index (χ1) is 6.70. The summed E-state index contributed by atoms with van der Waals surface area (Å²) in [7, 11) is 0. The SMILES string of the molecule is CC(Cl)CCCNC(=O)c1cn[nH]n1. The highest BCUT2D eigenvalue weighted by atomic mass is 35.5. The number of alkyl halides is 1. The van der Waals surface area contributed by atoms with Crippen molar-refractivity contribution in [2.75, 3.05) is 6.54 Å². The van der Waals surface area contributed by atoms with Gasteiger partial charge >= 0.3 is 0 Å². The van der Waals surface area contributed by atoms with E-state index in [0.29, 0.717) is 12.2 Å². The van der Waals surface area contributed by atoms with Gasteiger partial charge in [0.2, 0.25) is 0 Å². The van der Waals surface area contributed by atoms with Crippen molar-refractivity contribution in [3.8, 4) is 0 Å². The molecule has 0 saturated heterocycles. The number of halogens is 1. The number of amides is 1. The minimum Gasteiger partial charge on any atom is -0.351 e. The molecule has 1 atom stereocenters. The van der Waals surface area contributed by atoms with Crippen molar-refractivity contribution in [1.82, 2.24) is 20.7 Å². The molecule has 1 amide bonds. The molecule has 0 fully saturated rings. The molecule has 1 aromatic rings. The van der Waals surface area contributed by atoms with E-state index in [-0.39, 0.29) is 11.3 Å². The lowest BCUT2D eigenvalue weighted by atomic mass is 10.2. The Bertz CT molecular complexity index is 273. The second-order valence-electron chi connectivity index (χ2n) is 3.03. The third-order valence-corrected chi connectivity index (χ3v) is 1.93. The van der Waals surface area contributed by atoms with E-state index in [2.05, 4.69) is 20.7 Å². The van der Waals surface area contributed by atoms with Crippen LogP contribution in [0.2, 0.25) is 0 Å². The zero-order valence-corrected chi connectivity index (χ0v) is 8.71. The van der Waals surface area contributed by atoms with E-state index in [1.807, 2.05) is 6.92 Å². The van der Waals surface area contributed by atoms with Crippen molar-refractivity contribution in [2.45, 2.75) is 25.1 Å². The molecule has 0 aliphatic heterocycles. The molecule has 5 nitrogen and oxygen atoms in total. The van der Waals surface area contributed by atoms with Gasteiger partial charge in [0.05, 0.1) is 6.20 Å². The number of carbonyl (C=O) groups is 1. The van der Waals surface area contributed by atoms with Gasteiger partial charge in [-0.05, 0) is 19.8 Å². The first kappa shape index (κ1) is 11.0. The van der Waals surface area contributed by atoms with Crippen LogP contribution in [0.3, 0.4) is 0 Å². The van der Waals surface area contributed by atoms with Crippen LogP contribution in [0.1, 0.15) is 30.3 Å². The Labute approximate surface area is 87.2 Å². The summed E-state index contributed by atoms with van der Waals surface area (Å²) in [5.41, 5.74) is 0.309. The molecule has 14 heavy (non-hydrogen) atoms. The van der Waals surface area contributed by atoms with E-state index in [0.717, 1.165) is 12.8 Å². The van der Waals surface area contributed by atoms with E-state index >= 15 is 0 Å². The summed E-state index contributed by atoms with van der Waals surface area (Å²) in [6.07, 6.45) is 3.15. The van der Waals surface area contributed by atoms with Gasteiger partial charge in [0.25, 0.3) is 5.91 Å². The predicted octanol–water partition coefficient (Wildman–Crippen LogP) is 0.942. The molecule has 1 aromatic heterocycles. The van der Waals surface area contributed by atoms with Crippen molar-refractivity contribution >= 4 is 17.5 Å². The van der Waals surface area contributed by atoms with Crippen LogP contribution >= 0.6 is 11.6 Å². The Balaban J connectivity index is 2.16. The number of hydrogen-bond donors (Lipinski definition) is 2. The van der Waals surface area contributed by atoms with Crippen LogP contribution in [0, 0.1) is 0 Å². The van der Waals surface area contributed by atoms with E-state index in [9.17, 15) is 4.79 Å². The molecule has 1 heterocycles. The number of hydrogen-bond acceptors (Lipinski definition) is 3. The smallest absolute Gasteiger partial charge is 0.273 e. The number of nitrogens with zero attached hydrogens (tertiary/aromatic N) is 2. The highest BCUT2D eigenvalue weighted by molar-refractivity contribution is 6.20. The summed E-state index contributed by atoms with van der Waals surface area (Å²) in [6.45, 7) is 2.55. The maximum Gasteiger partial charge on any atom is 0.273 e. The molecule has 0 saturated carbocycles. The van der Waals surface area contributed by atoms with Gasteiger partial charge in [0.15, 0.2) is 5.69 Å². The Morgan fingerprint density at radius 2 is 2.57 bits per heavy atom. The van der Waals surface area contributed by atoms with Crippen molar-refractivity contribution in [3.05, 3.63) is 11.9 Å². The minimum absolute atomic E-state index is 0.152. The van der Waals surface area contributed by atoms with Crippen LogP contribution < -0.4 is 5.32 Å². The second kappa shape index (κ2) is 5.59. The molecular weight excluding hydrogens is 204 g/mol. The molecule has 0 bridgehead atoms. The number of nitrogens with one attached hydrogen (secondary N) is 2. The Morgan fingerprint density at radius 1 is 1.79 bits per heavy atom. The minimum atomic E-state index is -0.207. The van der Waals surface area contributed by atoms with Crippen molar-refractivity contribution < 1.29 is 4.79 Å². The van der Waals surface area contributed by atoms with Gasteiger partial charge in [-0.3, -0.25) is 4.79 Å². The molecule has 6 heteroatoms. The third-order valence-electron chi connectivity index (χ3n) is 1.71. The first-order valence-electron chi connectivity index (χ1n) is 4.48. The topological polar surface area (TPSA) is 70.7 Å². The van der Waals surface area contributed by atoms with Crippen molar-refractivity contribution in [3.63, 3.8) is 0 Å². The zero-order chi connectivity index (χ0) is 10.4. The van der Waals surface area contributed by atoms with Crippen LogP contribution in [-0.2, 0) is 0 Å². The average Bonchev–Trinajstić information content (AvgIpc) is 2.64. The summed E-state index contributed by atoms with van der Waals surface area (Å²) in [4.78, 5) is 11.3. The molecule has 1 rings (SSSR count). The summed E-state index contributed by atoms with van der Waals surface area (Å²) in [6, 6.07) is 0. The third kappa shape index (κ3) is 3.74. The molecule has 0 radical (unpaired) electrons. The van der Waals surface area contributed by atoms with Crippen LogP contribution in [-0.4, -0.2) is 33.2 Å². The van der Waals surface area contributed by atoms with Gasteiger partial charge in [-0.25, -0.2) is 0 Å². The number of rotatable bonds is 5. The fourth-order valence-corrected chi connectivity index (χ4v) is 1.14. The van der Waals surface area contributed by atoms with E-state index in [4.69, 9.17) is 11.6 Å². The van der Waals surface area contributed by atoms with Gasteiger partial charge in [-0.2, -0.15) is 15.4 Å². The fourth-order valence-electron chi connectivity index (χ4n) is 0.987. The summed E-state index contributed by atoms with van der Waals surface area (Å²) in [5.74, 6) is -0.207. The molecule has 0 spiro atoms. The summed E-state index contributed by atoms with van der Waals surface area (Å²) < 4.78 is 0. The number of carbonyl (C=O) groups excluding carboxylic acids is 1. The zero-order valence-electron chi connectivity index (χ0n) is 7.96. The van der Waals surface area contributed by atoms with Gasteiger partial charge in [0, 0.05) is 11.9 Å². The standard InChI is InChI=1S/C8H13ClN4O/c1-6(9)3-2-4-10-8(14)7-5-11-13-12-7/h5-6H,2-4H2,1H3,(H,10,14)(H,11,12,13). The van der Waals surface area contributed by atoms with E-state index < -0.39 is 0 Å². The van der Waals surface area contributed by atoms with E-state index in [1.165, 1.54) is 6.20 Å². The quantitative estimate of drug-likeness (QED) is 0.569. The second-order valence-corrected chi connectivity index (χ2v) is 3.78. The molecule has 0 aliphatic carbocycles. The molecule has 1 unspecified atom stereocenters. The lowest BCUT2D eigenvalue weighted by Gasteiger charge is -2.03. The normalized spacial score (nSPS) is 12.4. The number of aromatic amines is 1. The highest BCUT2D eigenvalue weighted by Crippen LogP contribution is 2.02. The monoisotopic (exact) mass is 216 g/mol. The first-order valence-corrected chi connectivity index (χ1v) is 4.92. The molecule has 2 N–H and O–H groups in total.